The lowest BCUT2D eigenvalue weighted by atomic mass is 10.0. The number of likely N-dealkylation sites (N-methyl/N-ethyl adjacent to an activating group) is 1. The summed E-state index contributed by atoms with van der Waals surface area (Å²) in [6.07, 6.45) is 0.345. The lowest BCUT2D eigenvalue weighted by Gasteiger charge is -2.24. The van der Waals surface area contributed by atoms with Crippen molar-refractivity contribution in [2.75, 3.05) is 39.9 Å². The van der Waals surface area contributed by atoms with E-state index in [0.29, 0.717) is 56.3 Å². The summed E-state index contributed by atoms with van der Waals surface area (Å²) in [6, 6.07) is 3.60. The van der Waals surface area contributed by atoms with Gasteiger partial charge in [0.25, 0.3) is 5.91 Å². The summed E-state index contributed by atoms with van der Waals surface area (Å²) in [7, 11) is 1.71. The zero-order chi connectivity index (χ0) is 16.9. The van der Waals surface area contributed by atoms with Gasteiger partial charge in [0.1, 0.15) is 13.2 Å². The maximum absolute atomic E-state index is 12.9. The molecule has 0 bridgehead atoms. The average molecular weight is 332 g/mol. The summed E-state index contributed by atoms with van der Waals surface area (Å²) in [5.74, 6) is 1.22. The Morgan fingerprint density at radius 1 is 1.17 bits per heavy atom. The summed E-state index contributed by atoms with van der Waals surface area (Å²) in [6.45, 7) is 4.42. The second-order valence-electron chi connectivity index (χ2n) is 6.69. The van der Waals surface area contributed by atoms with E-state index in [9.17, 15) is 9.59 Å². The number of rotatable bonds is 1. The molecule has 1 atom stereocenters. The molecule has 1 aromatic carbocycles. The second-order valence-corrected chi connectivity index (χ2v) is 6.69. The first-order chi connectivity index (χ1) is 11.5. The molecule has 0 radical (unpaired) electrons. The molecule has 0 unspecified atom stereocenters. The van der Waals surface area contributed by atoms with E-state index in [-0.39, 0.29) is 12.0 Å². The van der Waals surface area contributed by atoms with Crippen molar-refractivity contribution in [2.24, 2.45) is 0 Å². The number of carbonyl (C=O) groups excluding carboxylic acids is 2. The molecule has 2 fully saturated rings. The Morgan fingerprint density at radius 2 is 1.88 bits per heavy atom. The molecule has 3 aliphatic rings. The number of benzene rings is 1. The van der Waals surface area contributed by atoms with Gasteiger partial charge >= 0.3 is 6.09 Å². The van der Waals surface area contributed by atoms with E-state index in [1.807, 2.05) is 13.0 Å². The van der Waals surface area contributed by atoms with Crippen LogP contribution in [0.25, 0.3) is 0 Å². The van der Waals surface area contributed by atoms with E-state index in [2.05, 4.69) is 0 Å². The van der Waals surface area contributed by atoms with Gasteiger partial charge in [-0.05, 0) is 24.6 Å². The van der Waals surface area contributed by atoms with Crippen molar-refractivity contribution in [1.29, 1.82) is 0 Å². The maximum atomic E-state index is 12.9. The van der Waals surface area contributed by atoms with Crippen LogP contribution < -0.4 is 9.47 Å². The largest absolute Gasteiger partial charge is 0.486 e. The van der Waals surface area contributed by atoms with Crippen molar-refractivity contribution in [2.45, 2.75) is 18.9 Å². The molecule has 3 heterocycles. The van der Waals surface area contributed by atoms with Crippen LogP contribution in [0, 0.1) is 6.92 Å². The van der Waals surface area contributed by atoms with Crippen molar-refractivity contribution in [3.8, 4) is 11.5 Å². The third kappa shape index (κ3) is 2.35. The molecule has 4 rings (SSSR count). The van der Waals surface area contributed by atoms with E-state index < -0.39 is 5.60 Å². The summed E-state index contributed by atoms with van der Waals surface area (Å²) < 4.78 is 16.6. The normalized spacial score (nSPS) is 25.3. The molecule has 0 N–H and O–H groups in total. The molecule has 7 heteroatoms. The van der Waals surface area contributed by atoms with E-state index in [4.69, 9.17) is 14.2 Å². The first-order valence-corrected chi connectivity index (χ1v) is 8.11. The minimum atomic E-state index is -0.566. The molecule has 2 saturated heterocycles. The van der Waals surface area contributed by atoms with Gasteiger partial charge in [-0.2, -0.15) is 0 Å². The fourth-order valence-electron chi connectivity index (χ4n) is 3.61. The fraction of sp³-hybridized carbons (Fsp3) is 0.529. The Bertz CT molecular complexity index is 719. The van der Waals surface area contributed by atoms with Gasteiger partial charge in [0.15, 0.2) is 17.1 Å². The molecule has 2 amide bonds. The average Bonchev–Trinajstić information content (AvgIpc) is 3.09. The smallest absolute Gasteiger partial charge is 0.410 e. The van der Waals surface area contributed by atoms with Crippen LogP contribution >= 0.6 is 0 Å². The molecule has 1 spiro atoms. The third-order valence-electron chi connectivity index (χ3n) is 4.86. The van der Waals surface area contributed by atoms with Gasteiger partial charge in [-0.25, -0.2) is 4.79 Å². The van der Waals surface area contributed by atoms with Gasteiger partial charge in [0.05, 0.1) is 13.1 Å². The van der Waals surface area contributed by atoms with E-state index in [1.54, 1.807) is 22.9 Å². The van der Waals surface area contributed by atoms with Gasteiger partial charge in [0, 0.05) is 25.6 Å². The van der Waals surface area contributed by atoms with E-state index >= 15 is 0 Å². The Hall–Kier alpha value is -2.44. The third-order valence-corrected chi connectivity index (χ3v) is 4.86. The molecule has 0 aromatic heterocycles. The van der Waals surface area contributed by atoms with E-state index in [0.717, 1.165) is 5.56 Å². The zero-order valence-corrected chi connectivity index (χ0v) is 13.8. The molecular weight excluding hydrogens is 312 g/mol. The standard InChI is InChI=1S/C17H20N2O5/c1-11-7-13-14(23-6-5-22-13)8-12(11)15(20)19-4-3-17(10-19)9-18(2)16(21)24-17/h7-8H,3-6,9-10H2,1-2H3/t17-/m1/s1. The van der Waals surface area contributed by atoms with Gasteiger partial charge in [-0.15, -0.1) is 0 Å². The Kier molecular flexibility index (Phi) is 3.33. The lowest BCUT2D eigenvalue weighted by molar-refractivity contribution is 0.0552. The number of carbonyl (C=O) groups is 2. The molecule has 1 aromatic rings. The SMILES string of the molecule is Cc1cc2c(cc1C(=O)N1CC[C@@]3(CN(C)C(=O)O3)C1)OCCO2. The highest BCUT2D eigenvalue weighted by Gasteiger charge is 2.49. The monoisotopic (exact) mass is 332 g/mol. The number of likely N-dealkylation sites (tertiary alicyclic amines) is 1. The molecule has 128 valence electrons. The van der Waals surface area contributed by atoms with Crippen molar-refractivity contribution < 1.29 is 23.8 Å². The molecule has 0 aliphatic carbocycles. The van der Waals surface area contributed by atoms with Gasteiger partial charge in [-0.1, -0.05) is 0 Å². The number of ether oxygens (including phenoxy) is 3. The van der Waals surface area contributed by atoms with Crippen molar-refractivity contribution in [3.63, 3.8) is 0 Å². The van der Waals surface area contributed by atoms with Gasteiger partial charge < -0.3 is 24.0 Å². The van der Waals surface area contributed by atoms with Gasteiger partial charge in [0.2, 0.25) is 0 Å². The van der Waals surface area contributed by atoms with Gasteiger partial charge in [-0.3, -0.25) is 4.79 Å². The van der Waals surface area contributed by atoms with Crippen LogP contribution in [0.15, 0.2) is 12.1 Å². The Morgan fingerprint density at radius 3 is 2.54 bits per heavy atom. The van der Waals surface area contributed by atoms with Crippen LogP contribution in [0.4, 0.5) is 4.79 Å². The summed E-state index contributed by atoms with van der Waals surface area (Å²) in [5, 5.41) is 0. The Balaban J connectivity index is 1.56. The number of aryl methyl sites for hydroxylation is 1. The number of hydrogen-bond acceptors (Lipinski definition) is 5. The predicted molar refractivity (Wildman–Crippen MR) is 84.5 cm³/mol. The van der Waals surface area contributed by atoms with Crippen LogP contribution in [0.2, 0.25) is 0 Å². The van der Waals surface area contributed by atoms with Crippen LogP contribution in [-0.4, -0.2) is 67.3 Å². The van der Waals surface area contributed by atoms with Crippen LogP contribution in [0.1, 0.15) is 22.3 Å². The molecule has 0 saturated carbocycles. The van der Waals surface area contributed by atoms with E-state index in [1.165, 1.54) is 0 Å². The Labute approximate surface area is 140 Å². The predicted octanol–water partition coefficient (Wildman–Crippen LogP) is 1.43. The highest BCUT2D eigenvalue weighted by atomic mass is 16.6. The van der Waals surface area contributed by atoms with Crippen LogP contribution in [0.3, 0.4) is 0 Å². The van der Waals surface area contributed by atoms with Crippen LogP contribution in [-0.2, 0) is 4.74 Å². The molecule has 3 aliphatic heterocycles. The van der Waals surface area contributed by atoms with Crippen molar-refractivity contribution >= 4 is 12.0 Å². The highest BCUT2D eigenvalue weighted by Crippen LogP contribution is 2.36. The topological polar surface area (TPSA) is 68.3 Å². The minimum absolute atomic E-state index is 0.0630. The van der Waals surface area contributed by atoms with Crippen LogP contribution in [0.5, 0.6) is 11.5 Å². The number of hydrogen-bond donors (Lipinski definition) is 0. The number of fused-ring (bicyclic) bond motifs is 1. The molecular formula is C17H20N2O5. The summed E-state index contributed by atoms with van der Waals surface area (Å²) >= 11 is 0. The zero-order valence-electron chi connectivity index (χ0n) is 13.8. The highest BCUT2D eigenvalue weighted by molar-refractivity contribution is 5.96. The number of amides is 2. The lowest BCUT2D eigenvalue weighted by Crippen LogP contribution is -2.39. The molecule has 24 heavy (non-hydrogen) atoms. The van der Waals surface area contributed by atoms with Crippen molar-refractivity contribution in [3.05, 3.63) is 23.3 Å². The fourth-order valence-corrected chi connectivity index (χ4v) is 3.61. The minimum Gasteiger partial charge on any atom is -0.486 e. The maximum Gasteiger partial charge on any atom is 0.410 e. The number of nitrogens with zero attached hydrogens (tertiary/aromatic N) is 2. The first kappa shape index (κ1) is 15.1. The summed E-state index contributed by atoms with van der Waals surface area (Å²) in [4.78, 5) is 27.9. The quantitative estimate of drug-likeness (QED) is 0.778. The van der Waals surface area contributed by atoms with Crippen molar-refractivity contribution in [1.82, 2.24) is 9.80 Å². The summed E-state index contributed by atoms with van der Waals surface area (Å²) in [5.41, 5.74) is 0.892. The first-order valence-electron chi connectivity index (χ1n) is 8.11. The second kappa shape index (κ2) is 5.29. The molecule has 7 nitrogen and oxygen atoms in total.